The normalized spacial score (nSPS) is 12.2. The van der Waals surface area contributed by atoms with Gasteiger partial charge in [-0.2, -0.15) is 10.2 Å². The van der Waals surface area contributed by atoms with Crippen LogP contribution in [0.15, 0.2) is 46.2 Å². The van der Waals surface area contributed by atoms with Crippen molar-refractivity contribution in [1.82, 2.24) is 24.1 Å². The minimum atomic E-state index is -1.56. The van der Waals surface area contributed by atoms with Gasteiger partial charge in [0.1, 0.15) is 26.7 Å². The molecule has 0 saturated carbocycles. The molecular weight excluding hydrogens is 494 g/mol. The lowest BCUT2D eigenvalue weighted by Crippen LogP contribution is -2.54. The van der Waals surface area contributed by atoms with Crippen LogP contribution in [0.3, 0.4) is 0 Å². The second-order valence-electron chi connectivity index (χ2n) is 10.2. The fourth-order valence-electron chi connectivity index (χ4n) is 4.17. The van der Waals surface area contributed by atoms with Crippen LogP contribution in [0.25, 0.3) is 15.2 Å². The van der Waals surface area contributed by atoms with E-state index in [-0.39, 0.29) is 6.54 Å². The molecule has 0 unspecified atom stereocenters. The van der Waals surface area contributed by atoms with Gasteiger partial charge in [0, 0.05) is 12.1 Å². The predicted molar refractivity (Wildman–Crippen MR) is 142 cm³/mol. The molecule has 4 aromatic rings. The fourth-order valence-corrected chi connectivity index (χ4v) is 5.41. The Morgan fingerprint density at radius 3 is 2.32 bits per heavy atom. The topological polar surface area (TPSA) is 110 Å². The predicted octanol–water partition coefficient (Wildman–Crippen LogP) is 3.44. The van der Waals surface area contributed by atoms with E-state index in [1.54, 1.807) is 51.8 Å². The third kappa shape index (κ3) is 4.83. The molecule has 1 aromatic carbocycles. The van der Waals surface area contributed by atoms with Crippen molar-refractivity contribution < 1.29 is 14.3 Å². The van der Waals surface area contributed by atoms with E-state index in [1.807, 2.05) is 24.3 Å². The molecular formula is C26H31N5O5S. The number of aryl methyl sites for hydroxylation is 3. The number of hydrogen-bond acceptors (Lipinski definition) is 8. The van der Waals surface area contributed by atoms with Crippen LogP contribution in [-0.4, -0.2) is 42.8 Å². The lowest BCUT2D eigenvalue weighted by atomic mass is 10.0. The van der Waals surface area contributed by atoms with Gasteiger partial charge in [-0.1, -0.05) is 29.5 Å². The quantitative estimate of drug-likeness (QED) is 0.340. The molecule has 0 amide bonds. The number of thiophene rings is 1. The number of esters is 1. The zero-order valence-electron chi connectivity index (χ0n) is 22.1. The molecule has 0 fully saturated rings. The number of rotatable bonds is 7. The van der Waals surface area contributed by atoms with E-state index in [4.69, 9.17) is 9.47 Å². The van der Waals surface area contributed by atoms with Crippen LogP contribution in [0.1, 0.15) is 45.7 Å². The molecule has 0 bridgehead atoms. The Hall–Kier alpha value is -3.73. The van der Waals surface area contributed by atoms with Crippen molar-refractivity contribution in [2.45, 2.75) is 65.6 Å². The third-order valence-electron chi connectivity index (χ3n) is 6.04. The molecule has 3 aromatic heterocycles. The third-order valence-corrected chi connectivity index (χ3v) is 7.32. The number of para-hydroxylation sites is 1. The Bertz CT molecular complexity index is 1570. The first-order valence-electron chi connectivity index (χ1n) is 11.9. The largest absolute Gasteiger partial charge is 0.496 e. The van der Waals surface area contributed by atoms with E-state index in [0.717, 1.165) is 10.1 Å². The summed E-state index contributed by atoms with van der Waals surface area (Å²) in [4.78, 5) is 43.0. The molecule has 0 atom stereocenters. The molecule has 37 heavy (non-hydrogen) atoms. The van der Waals surface area contributed by atoms with Gasteiger partial charge in [-0.05, 0) is 59.6 Å². The van der Waals surface area contributed by atoms with E-state index < -0.39 is 28.4 Å². The average molecular weight is 526 g/mol. The van der Waals surface area contributed by atoms with Gasteiger partial charge in [-0.3, -0.25) is 9.36 Å². The average Bonchev–Trinajstić information content (AvgIpc) is 3.46. The van der Waals surface area contributed by atoms with E-state index >= 15 is 0 Å². The summed E-state index contributed by atoms with van der Waals surface area (Å²) in [7, 11) is 1.60. The number of benzene rings is 1. The number of fused-ring (bicyclic) bond motifs is 1. The van der Waals surface area contributed by atoms with Crippen LogP contribution < -0.4 is 16.0 Å². The number of methoxy groups -OCH3 is 1. The molecule has 0 radical (unpaired) electrons. The molecule has 0 aliphatic carbocycles. The van der Waals surface area contributed by atoms with Gasteiger partial charge in [0.05, 0.1) is 24.9 Å². The van der Waals surface area contributed by atoms with Crippen LogP contribution in [-0.2, 0) is 28.0 Å². The van der Waals surface area contributed by atoms with Crippen LogP contribution >= 0.6 is 11.3 Å². The first kappa shape index (κ1) is 26.3. The summed E-state index contributed by atoms with van der Waals surface area (Å²) >= 11 is 1.26. The Labute approximate surface area is 218 Å². The Morgan fingerprint density at radius 1 is 1.05 bits per heavy atom. The van der Waals surface area contributed by atoms with Gasteiger partial charge >= 0.3 is 11.7 Å². The number of nitrogens with zero attached hydrogens (tertiary/aromatic N) is 5. The van der Waals surface area contributed by atoms with Crippen molar-refractivity contribution in [2.24, 2.45) is 0 Å². The van der Waals surface area contributed by atoms with Crippen molar-refractivity contribution in [3.05, 3.63) is 68.6 Å². The maximum Gasteiger partial charge on any atom is 0.333 e. The van der Waals surface area contributed by atoms with Crippen LogP contribution in [0.5, 0.6) is 5.75 Å². The summed E-state index contributed by atoms with van der Waals surface area (Å²) < 4.78 is 13.6. The first-order valence-corrected chi connectivity index (χ1v) is 12.7. The number of carbonyl (C=O) groups is 1. The lowest BCUT2D eigenvalue weighted by Gasteiger charge is -2.30. The molecule has 0 spiro atoms. The summed E-state index contributed by atoms with van der Waals surface area (Å²) in [6, 6.07) is 7.57. The summed E-state index contributed by atoms with van der Waals surface area (Å²) in [5.41, 5.74) is -1.96. The van der Waals surface area contributed by atoms with E-state index in [9.17, 15) is 14.4 Å². The summed E-state index contributed by atoms with van der Waals surface area (Å²) in [6.07, 6.45) is 3.56. The van der Waals surface area contributed by atoms with Gasteiger partial charge < -0.3 is 9.47 Å². The zero-order chi connectivity index (χ0) is 27.1. The highest BCUT2D eigenvalue weighted by Crippen LogP contribution is 2.31. The monoisotopic (exact) mass is 525 g/mol. The van der Waals surface area contributed by atoms with Gasteiger partial charge in [0.15, 0.2) is 0 Å². The van der Waals surface area contributed by atoms with Crippen molar-refractivity contribution >= 4 is 27.5 Å². The Kier molecular flexibility index (Phi) is 6.85. The maximum absolute atomic E-state index is 14.0. The highest BCUT2D eigenvalue weighted by molar-refractivity contribution is 7.21. The summed E-state index contributed by atoms with van der Waals surface area (Å²) in [5.74, 6) is 0.0367. The van der Waals surface area contributed by atoms with Gasteiger partial charge in [-0.15, -0.1) is 4.80 Å². The van der Waals surface area contributed by atoms with Crippen LogP contribution in [0, 0.1) is 6.92 Å². The van der Waals surface area contributed by atoms with Crippen molar-refractivity contribution in [3.8, 4) is 10.8 Å². The second kappa shape index (κ2) is 9.62. The standard InChI is InChI=1S/C26H31N5O5S/c1-16-19-20(32)30(26(5,6)23(33)36-25(2,3)4)24(34)29(15-12-17-10-8-9-11-18(17)35-7)22(19)37-21(16)31-27-13-14-28-31/h8-11,13-14H,12,15H2,1-7H3. The van der Waals surface area contributed by atoms with Gasteiger partial charge in [0.25, 0.3) is 5.56 Å². The van der Waals surface area contributed by atoms with Crippen molar-refractivity contribution in [2.75, 3.05) is 7.11 Å². The molecule has 0 aliphatic heterocycles. The summed E-state index contributed by atoms with van der Waals surface area (Å²) in [5, 5.41) is 9.38. The molecule has 0 aliphatic rings. The number of carbonyl (C=O) groups excluding carboxylic acids is 1. The van der Waals surface area contributed by atoms with Crippen molar-refractivity contribution in [3.63, 3.8) is 0 Å². The number of ether oxygens (including phenoxy) is 2. The Morgan fingerprint density at radius 2 is 1.70 bits per heavy atom. The minimum absolute atomic E-state index is 0.256. The molecule has 196 valence electrons. The highest BCUT2D eigenvalue weighted by atomic mass is 32.1. The minimum Gasteiger partial charge on any atom is -0.496 e. The molecule has 10 nitrogen and oxygen atoms in total. The molecule has 11 heteroatoms. The molecule has 0 saturated heterocycles. The van der Waals surface area contributed by atoms with Gasteiger partial charge in [0.2, 0.25) is 0 Å². The van der Waals surface area contributed by atoms with Crippen LogP contribution in [0.4, 0.5) is 0 Å². The first-order chi connectivity index (χ1) is 17.4. The highest BCUT2D eigenvalue weighted by Gasteiger charge is 2.38. The van der Waals surface area contributed by atoms with Crippen LogP contribution in [0.2, 0.25) is 0 Å². The SMILES string of the molecule is COc1ccccc1CCn1c(=O)n(C(C)(C)C(=O)OC(C)(C)C)c(=O)c2c(C)c(-n3nccn3)sc21. The lowest BCUT2D eigenvalue weighted by molar-refractivity contribution is -0.164. The molecule has 0 N–H and O–H groups in total. The zero-order valence-corrected chi connectivity index (χ0v) is 22.9. The fraction of sp³-hybridized carbons (Fsp3) is 0.423. The molecule has 4 rings (SSSR count). The van der Waals surface area contributed by atoms with Gasteiger partial charge in [-0.25, -0.2) is 14.2 Å². The van der Waals surface area contributed by atoms with E-state index in [0.29, 0.717) is 33.0 Å². The second-order valence-corrected chi connectivity index (χ2v) is 11.2. The van der Waals surface area contributed by atoms with Crippen molar-refractivity contribution in [1.29, 1.82) is 0 Å². The number of hydrogen-bond donors (Lipinski definition) is 0. The summed E-state index contributed by atoms with van der Waals surface area (Å²) in [6.45, 7) is 10.3. The number of aromatic nitrogens is 5. The van der Waals surface area contributed by atoms with E-state index in [2.05, 4.69) is 10.2 Å². The smallest absolute Gasteiger partial charge is 0.333 e. The maximum atomic E-state index is 14.0. The Balaban J connectivity index is 1.96. The van der Waals surface area contributed by atoms with E-state index in [1.165, 1.54) is 30.0 Å². The molecule has 3 heterocycles.